The van der Waals surface area contributed by atoms with E-state index in [1.807, 2.05) is 0 Å². The summed E-state index contributed by atoms with van der Waals surface area (Å²) in [5.74, 6) is 0.868. The number of carbonyl (C=O) groups excluding carboxylic acids is 1. The second kappa shape index (κ2) is 10.9. The molecule has 1 fully saturated rings. The molecule has 0 saturated carbocycles. The quantitative estimate of drug-likeness (QED) is 0.242. The highest BCUT2D eigenvalue weighted by Gasteiger charge is 2.26. The van der Waals surface area contributed by atoms with Gasteiger partial charge in [0.2, 0.25) is 5.91 Å². The first-order valence-corrected chi connectivity index (χ1v) is 15.5. The molecule has 0 spiro atoms. The van der Waals surface area contributed by atoms with Gasteiger partial charge in [0.1, 0.15) is 0 Å². The second-order valence-electron chi connectivity index (χ2n) is 12.1. The van der Waals surface area contributed by atoms with Gasteiger partial charge in [-0.25, -0.2) is 0 Å². The first-order valence-electron chi connectivity index (χ1n) is 14.8. The SMILES string of the molecule is CC1Cc2ccc(-c3cccc(-c4cccc(-c5ccc6c(c5)CC(NC[C@@H]5CCC(=O)N5)C6)c4Cl)c3Cl)cc2C1. The Morgan fingerprint density at radius 1 is 0.732 bits per heavy atom. The van der Waals surface area contributed by atoms with Crippen molar-refractivity contribution in [1.82, 2.24) is 10.6 Å². The first-order chi connectivity index (χ1) is 19.9. The van der Waals surface area contributed by atoms with Crippen molar-refractivity contribution >= 4 is 29.1 Å². The zero-order valence-electron chi connectivity index (χ0n) is 23.3. The van der Waals surface area contributed by atoms with E-state index >= 15 is 0 Å². The van der Waals surface area contributed by atoms with Gasteiger partial charge in [-0.2, -0.15) is 0 Å². The first kappa shape index (κ1) is 26.8. The molecule has 3 nitrogen and oxygen atoms in total. The van der Waals surface area contributed by atoms with Gasteiger partial charge in [-0.05, 0) is 71.4 Å². The molecule has 208 valence electrons. The number of hydrogen-bond donors (Lipinski definition) is 2. The van der Waals surface area contributed by atoms with Crippen LogP contribution in [-0.4, -0.2) is 24.5 Å². The topological polar surface area (TPSA) is 41.1 Å². The van der Waals surface area contributed by atoms with E-state index in [1.54, 1.807) is 0 Å². The van der Waals surface area contributed by atoms with Crippen molar-refractivity contribution in [3.8, 4) is 33.4 Å². The predicted molar refractivity (Wildman–Crippen MR) is 170 cm³/mol. The third-order valence-corrected chi connectivity index (χ3v) is 9.94. The Hall–Kier alpha value is -3.11. The number of fused-ring (bicyclic) bond motifs is 2. The molecule has 4 aromatic rings. The van der Waals surface area contributed by atoms with Gasteiger partial charge in [-0.3, -0.25) is 4.79 Å². The van der Waals surface area contributed by atoms with Crippen LogP contribution in [0, 0.1) is 5.92 Å². The van der Waals surface area contributed by atoms with Crippen LogP contribution < -0.4 is 10.6 Å². The van der Waals surface area contributed by atoms with Crippen LogP contribution in [-0.2, 0) is 30.5 Å². The minimum Gasteiger partial charge on any atom is -0.352 e. The summed E-state index contributed by atoms with van der Waals surface area (Å²) in [6.07, 6.45) is 5.84. The maximum absolute atomic E-state index is 11.5. The molecule has 2 unspecified atom stereocenters. The molecule has 1 aliphatic heterocycles. The number of hydrogen-bond acceptors (Lipinski definition) is 2. The third-order valence-electron chi connectivity index (χ3n) is 9.13. The summed E-state index contributed by atoms with van der Waals surface area (Å²) in [6.45, 7) is 3.15. The summed E-state index contributed by atoms with van der Waals surface area (Å²) < 4.78 is 0. The molecule has 41 heavy (non-hydrogen) atoms. The third kappa shape index (κ3) is 5.20. The van der Waals surface area contributed by atoms with Gasteiger partial charge in [0.05, 0.1) is 10.0 Å². The Kier molecular flexibility index (Phi) is 7.15. The highest BCUT2D eigenvalue weighted by Crippen LogP contribution is 2.43. The summed E-state index contributed by atoms with van der Waals surface area (Å²) in [7, 11) is 0. The van der Waals surface area contributed by atoms with Crippen LogP contribution in [0.1, 0.15) is 42.0 Å². The molecule has 2 aliphatic carbocycles. The molecule has 0 radical (unpaired) electrons. The van der Waals surface area contributed by atoms with Crippen LogP contribution in [0.4, 0.5) is 0 Å². The summed E-state index contributed by atoms with van der Waals surface area (Å²) in [6, 6.07) is 26.6. The van der Waals surface area contributed by atoms with E-state index in [1.165, 1.54) is 22.3 Å². The number of amides is 1. The molecule has 5 heteroatoms. The van der Waals surface area contributed by atoms with Crippen molar-refractivity contribution in [3.63, 3.8) is 0 Å². The average Bonchev–Trinajstić information content (AvgIpc) is 3.68. The van der Waals surface area contributed by atoms with E-state index in [9.17, 15) is 4.79 Å². The van der Waals surface area contributed by atoms with Crippen molar-refractivity contribution in [2.75, 3.05) is 6.54 Å². The normalized spacial score (nSPS) is 21.1. The minimum atomic E-state index is 0.168. The number of carbonyl (C=O) groups is 1. The zero-order chi connectivity index (χ0) is 28.1. The molecular weight excluding hydrogens is 547 g/mol. The molecule has 1 amide bonds. The molecule has 2 N–H and O–H groups in total. The van der Waals surface area contributed by atoms with E-state index in [0.29, 0.717) is 18.4 Å². The molecule has 3 aliphatic rings. The van der Waals surface area contributed by atoms with Crippen LogP contribution in [0.5, 0.6) is 0 Å². The summed E-state index contributed by atoms with van der Waals surface area (Å²) >= 11 is 14.3. The molecule has 4 aromatic carbocycles. The van der Waals surface area contributed by atoms with Gasteiger partial charge in [0, 0.05) is 47.3 Å². The summed E-state index contributed by atoms with van der Waals surface area (Å²) in [4.78, 5) is 11.5. The van der Waals surface area contributed by atoms with Crippen LogP contribution >= 0.6 is 23.2 Å². The predicted octanol–water partition coefficient (Wildman–Crippen LogP) is 8.06. The van der Waals surface area contributed by atoms with E-state index in [2.05, 4.69) is 90.4 Å². The van der Waals surface area contributed by atoms with Gasteiger partial charge in [0.15, 0.2) is 0 Å². The van der Waals surface area contributed by atoms with Gasteiger partial charge >= 0.3 is 0 Å². The highest BCUT2D eigenvalue weighted by molar-refractivity contribution is 6.39. The van der Waals surface area contributed by atoms with Gasteiger partial charge in [-0.1, -0.05) is 103 Å². The number of halogens is 2. The number of nitrogens with one attached hydrogen (secondary N) is 2. The smallest absolute Gasteiger partial charge is 0.220 e. The molecule has 3 atom stereocenters. The standard InChI is InChI=1S/C36H34Cl2N2O/c1-21-14-22-8-10-24(16-26(22)15-21)30-4-2-6-32(35(30)37)33-7-3-5-31(36(33)38)25-11-9-23-18-29(19-27(23)17-25)39-20-28-12-13-34(41)40-28/h2-11,16-17,21,28-29,39H,12-15,18-20H2,1H3,(H,40,41)/t21?,28-,29?/m0/s1. The van der Waals surface area contributed by atoms with Crippen LogP contribution in [0.3, 0.4) is 0 Å². The van der Waals surface area contributed by atoms with Gasteiger partial charge in [-0.15, -0.1) is 0 Å². The van der Waals surface area contributed by atoms with Gasteiger partial charge < -0.3 is 10.6 Å². The molecule has 1 heterocycles. The highest BCUT2D eigenvalue weighted by atomic mass is 35.5. The van der Waals surface area contributed by atoms with Crippen LogP contribution in [0.15, 0.2) is 72.8 Å². The van der Waals surface area contributed by atoms with E-state index < -0.39 is 0 Å². The monoisotopic (exact) mass is 580 g/mol. The van der Waals surface area contributed by atoms with Crippen molar-refractivity contribution in [3.05, 3.63) is 105 Å². The molecule has 1 saturated heterocycles. The van der Waals surface area contributed by atoms with E-state index in [-0.39, 0.29) is 11.9 Å². The zero-order valence-corrected chi connectivity index (χ0v) is 24.8. The van der Waals surface area contributed by atoms with Crippen molar-refractivity contribution in [2.45, 2.75) is 57.5 Å². The molecule has 7 rings (SSSR count). The Bertz CT molecular complexity index is 1660. The van der Waals surface area contributed by atoms with E-state index in [4.69, 9.17) is 23.2 Å². The Balaban J connectivity index is 1.14. The average molecular weight is 582 g/mol. The lowest BCUT2D eigenvalue weighted by molar-refractivity contribution is -0.119. The van der Waals surface area contributed by atoms with E-state index in [0.717, 1.165) is 82.1 Å². The van der Waals surface area contributed by atoms with Crippen molar-refractivity contribution in [2.24, 2.45) is 5.92 Å². The lowest BCUT2D eigenvalue weighted by Crippen LogP contribution is -2.40. The lowest BCUT2D eigenvalue weighted by Gasteiger charge is -2.16. The Morgan fingerprint density at radius 3 is 1.88 bits per heavy atom. The summed E-state index contributed by atoms with van der Waals surface area (Å²) in [5, 5.41) is 8.19. The number of rotatable bonds is 6. The fraction of sp³-hybridized carbons (Fsp3) is 0.306. The maximum Gasteiger partial charge on any atom is 0.220 e. The lowest BCUT2D eigenvalue weighted by atomic mass is 9.94. The van der Waals surface area contributed by atoms with Gasteiger partial charge in [0.25, 0.3) is 0 Å². The Morgan fingerprint density at radius 2 is 1.27 bits per heavy atom. The second-order valence-corrected chi connectivity index (χ2v) is 12.9. The number of benzene rings is 4. The fourth-order valence-electron chi connectivity index (χ4n) is 7.00. The maximum atomic E-state index is 11.5. The van der Waals surface area contributed by atoms with Crippen molar-refractivity contribution < 1.29 is 4.79 Å². The largest absolute Gasteiger partial charge is 0.352 e. The van der Waals surface area contributed by atoms with Crippen molar-refractivity contribution in [1.29, 1.82) is 0 Å². The molecule has 0 aromatic heterocycles. The molecule has 0 bridgehead atoms. The fourth-order valence-corrected chi connectivity index (χ4v) is 7.67. The van der Waals surface area contributed by atoms with Crippen LogP contribution in [0.2, 0.25) is 10.0 Å². The molecular formula is C36H34Cl2N2O. The Labute approximate surface area is 252 Å². The van der Waals surface area contributed by atoms with Crippen LogP contribution in [0.25, 0.3) is 33.4 Å². The summed E-state index contributed by atoms with van der Waals surface area (Å²) in [5.41, 5.74) is 11.9. The minimum absolute atomic E-state index is 0.168.